The standard InChI is InChI=1S/C17H20N2O4S/c1-12-8-9-17(10-13(12)2)24(22,23)18(4)14(3)15-6-5-7-16(11-15)19(20)21/h5-11,14H,1-4H3. The van der Waals surface area contributed by atoms with E-state index in [4.69, 9.17) is 0 Å². The average Bonchev–Trinajstić information content (AvgIpc) is 2.55. The fourth-order valence-electron chi connectivity index (χ4n) is 2.36. The predicted molar refractivity (Wildman–Crippen MR) is 92.4 cm³/mol. The Morgan fingerprint density at radius 3 is 2.33 bits per heavy atom. The molecule has 2 rings (SSSR count). The zero-order chi connectivity index (χ0) is 18.1. The van der Waals surface area contributed by atoms with Crippen molar-refractivity contribution < 1.29 is 13.3 Å². The third kappa shape index (κ3) is 3.47. The molecule has 0 fully saturated rings. The normalized spacial score (nSPS) is 13.0. The molecule has 1 unspecified atom stereocenters. The van der Waals surface area contributed by atoms with Crippen molar-refractivity contribution >= 4 is 15.7 Å². The third-order valence-corrected chi connectivity index (χ3v) is 6.19. The van der Waals surface area contributed by atoms with Gasteiger partial charge in [0.05, 0.1) is 9.82 Å². The number of hydrogen-bond donors (Lipinski definition) is 0. The summed E-state index contributed by atoms with van der Waals surface area (Å²) in [5.74, 6) is 0. The highest BCUT2D eigenvalue weighted by atomic mass is 32.2. The second-order valence-electron chi connectivity index (χ2n) is 5.80. The van der Waals surface area contributed by atoms with Gasteiger partial charge in [0.25, 0.3) is 5.69 Å². The molecule has 0 heterocycles. The largest absolute Gasteiger partial charge is 0.269 e. The summed E-state index contributed by atoms with van der Waals surface area (Å²) < 4.78 is 26.9. The van der Waals surface area contributed by atoms with Gasteiger partial charge in [0, 0.05) is 25.2 Å². The number of benzene rings is 2. The van der Waals surface area contributed by atoms with Crippen molar-refractivity contribution in [1.82, 2.24) is 4.31 Å². The van der Waals surface area contributed by atoms with Gasteiger partial charge < -0.3 is 0 Å². The van der Waals surface area contributed by atoms with Crippen LogP contribution in [0.15, 0.2) is 47.4 Å². The summed E-state index contributed by atoms with van der Waals surface area (Å²) in [5.41, 5.74) is 2.42. The summed E-state index contributed by atoms with van der Waals surface area (Å²) in [6.45, 7) is 5.48. The van der Waals surface area contributed by atoms with Crippen LogP contribution in [0.25, 0.3) is 0 Å². The predicted octanol–water partition coefficient (Wildman–Crippen LogP) is 3.59. The topological polar surface area (TPSA) is 80.5 Å². The van der Waals surface area contributed by atoms with Crippen LogP contribution in [-0.4, -0.2) is 24.7 Å². The van der Waals surface area contributed by atoms with Gasteiger partial charge in [-0.05, 0) is 49.6 Å². The minimum absolute atomic E-state index is 0.0590. The number of rotatable bonds is 5. The number of hydrogen-bond acceptors (Lipinski definition) is 4. The van der Waals surface area contributed by atoms with Gasteiger partial charge in [0.1, 0.15) is 0 Å². The first-order valence-electron chi connectivity index (χ1n) is 7.44. The Hall–Kier alpha value is -2.25. The maximum atomic E-state index is 12.8. The Kier molecular flexibility index (Phi) is 5.05. The highest BCUT2D eigenvalue weighted by Gasteiger charge is 2.27. The van der Waals surface area contributed by atoms with E-state index in [0.717, 1.165) is 11.1 Å². The first kappa shape index (κ1) is 18.1. The minimum atomic E-state index is -3.70. The minimum Gasteiger partial charge on any atom is -0.258 e. The molecule has 0 aliphatic heterocycles. The molecule has 24 heavy (non-hydrogen) atoms. The lowest BCUT2D eigenvalue weighted by molar-refractivity contribution is -0.384. The van der Waals surface area contributed by atoms with Crippen LogP contribution in [0, 0.1) is 24.0 Å². The number of nitro benzene ring substituents is 1. The van der Waals surface area contributed by atoms with Gasteiger partial charge in [-0.15, -0.1) is 0 Å². The molecule has 0 saturated carbocycles. The zero-order valence-corrected chi connectivity index (χ0v) is 14.9. The smallest absolute Gasteiger partial charge is 0.258 e. The van der Waals surface area contributed by atoms with E-state index >= 15 is 0 Å². The van der Waals surface area contributed by atoms with Crippen LogP contribution in [0.5, 0.6) is 0 Å². The van der Waals surface area contributed by atoms with Gasteiger partial charge in [-0.3, -0.25) is 10.1 Å². The molecule has 1 atom stereocenters. The van der Waals surface area contributed by atoms with Crippen LogP contribution in [0.1, 0.15) is 29.7 Å². The van der Waals surface area contributed by atoms with Crippen molar-refractivity contribution in [3.05, 3.63) is 69.3 Å². The molecule has 2 aromatic carbocycles. The van der Waals surface area contributed by atoms with E-state index in [1.807, 2.05) is 13.8 Å². The first-order chi connectivity index (χ1) is 11.1. The quantitative estimate of drug-likeness (QED) is 0.611. The lowest BCUT2D eigenvalue weighted by Gasteiger charge is -2.25. The molecule has 0 spiro atoms. The third-order valence-electron chi connectivity index (χ3n) is 4.26. The fraction of sp³-hybridized carbons (Fsp3) is 0.294. The van der Waals surface area contributed by atoms with Crippen LogP contribution in [0.3, 0.4) is 0 Å². The molecular weight excluding hydrogens is 328 g/mol. The van der Waals surface area contributed by atoms with Gasteiger partial charge in [-0.2, -0.15) is 4.31 Å². The van der Waals surface area contributed by atoms with Crippen LogP contribution >= 0.6 is 0 Å². The van der Waals surface area contributed by atoms with E-state index in [1.165, 1.54) is 23.5 Å². The molecule has 0 bridgehead atoms. The lowest BCUT2D eigenvalue weighted by atomic mass is 10.1. The lowest BCUT2D eigenvalue weighted by Crippen LogP contribution is -2.30. The SMILES string of the molecule is Cc1ccc(S(=O)(=O)N(C)C(C)c2cccc([N+](=O)[O-])c2)cc1C. The second-order valence-corrected chi connectivity index (χ2v) is 7.79. The number of aryl methyl sites for hydroxylation is 2. The maximum absolute atomic E-state index is 12.8. The molecule has 0 aliphatic carbocycles. The van der Waals surface area contributed by atoms with E-state index in [0.29, 0.717) is 5.56 Å². The first-order valence-corrected chi connectivity index (χ1v) is 8.88. The van der Waals surface area contributed by atoms with Crippen molar-refractivity contribution in [2.24, 2.45) is 0 Å². The molecule has 0 aromatic heterocycles. The van der Waals surface area contributed by atoms with Crippen molar-refractivity contribution in [1.29, 1.82) is 0 Å². The summed E-state index contributed by atoms with van der Waals surface area (Å²) in [4.78, 5) is 10.6. The number of nitrogens with zero attached hydrogens (tertiary/aromatic N) is 2. The fourth-order valence-corrected chi connectivity index (χ4v) is 3.79. The molecule has 0 radical (unpaired) electrons. The van der Waals surface area contributed by atoms with Gasteiger partial charge >= 0.3 is 0 Å². The maximum Gasteiger partial charge on any atom is 0.269 e. The van der Waals surface area contributed by atoms with Crippen molar-refractivity contribution in [3.63, 3.8) is 0 Å². The molecule has 128 valence electrons. The van der Waals surface area contributed by atoms with Crippen molar-refractivity contribution in [3.8, 4) is 0 Å². The monoisotopic (exact) mass is 348 g/mol. The van der Waals surface area contributed by atoms with Gasteiger partial charge in [0.15, 0.2) is 0 Å². The van der Waals surface area contributed by atoms with Crippen LogP contribution in [0.2, 0.25) is 0 Å². The highest BCUT2D eigenvalue weighted by Crippen LogP contribution is 2.28. The number of non-ortho nitro benzene ring substituents is 1. The second kappa shape index (κ2) is 6.70. The zero-order valence-electron chi connectivity index (χ0n) is 14.1. The van der Waals surface area contributed by atoms with Crippen LogP contribution < -0.4 is 0 Å². The molecule has 7 heteroatoms. The van der Waals surface area contributed by atoms with Crippen molar-refractivity contribution in [2.75, 3.05) is 7.05 Å². The summed E-state index contributed by atoms with van der Waals surface area (Å²) >= 11 is 0. The molecular formula is C17H20N2O4S. The van der Waals surface area contributed by atoms with Gasteiger partial charge in [-0.1, -0.05) is 18.2 Å². The number of sulfonamides is 1. The van der Waals surface area contributed by atoms with E-state index < -0.39 is 21.0 Å². The van der Waals surface area contributed by atoms with E-state index in [9.17, 15) is 18.5 Å². The Bertz CT molecular complexity index is 878. The highest BCUT2D eigenvalue weighted by molar-refractivity contribution is 7.89. The van der Waals surface area contributed by atoms with E-state index in [1.54, 1.807) is 37.3 Å². The van der Waals surface area contributed by atoms with E-state index in [2.05, 4.69) is 0 Å². The summed E-state index contributed by atoms with van der Waals surface area (Å²) in [6, 6.07) is 10.5. The number of nitro groups is 1. The molecule has 0 saturated heterocycles. The molecule has 0 aliphatic rings. The summed E-state index contributed by atoms with van der Waals surface area (Å²) in [5, 5.41) is 10.9. The average molecular weight is 348 g/mol. The Balaban J connectivity index is 2.38. The van der Waals surface area contributed by atoms with Gasteiger partial charge in [-0.25, -0.2) is 8.42 Å². The molecule has 0 N–H and O–H groups in total. The van der Waals surface area contributed by atoms with E-state index in [-0.39, 0.29) is 10.6 Å². The Labute approximate surface area is 141 Å². The molecule has 2 aromatic rings. The summed E-state index contributed by atoms with van der Waals surface area (Å²) in [7, 11) is -2.22. The molecule has 6 nitrogen and oxygen atoms in total. The van der Waals surface area contributed by atoms with Crippen LogP contribution in [-0.2, 0) is 10.0 Å². The Morgan fingerprint density at radius 1 is 1.08 bits per heavy atom. The summed E-state index contributed by atoms with van der Waals surface area (Å²) in [6.07, 6.45) is 0. The van der Waals surface area contributed by atoms with Crippen LogP contribution in [0.4, 0.5) is 5.69 Å². The van der Waals surface area contributed by atoms with Gasteiger partial charge in [0.2, 0.25) is 10.0 Å². The Morgan fingerprint density at radius 2 is 1.75 bits per heavy atom. The van der Waals surface area contributed by atoms with Crippen molar-refractivity contribution in [2.45, 2.75) is 31.7 Å². The molecule has 0 amide bonds.